The normalized spacial score (nSPS) is 11.0. The molecule has 26 heavy (non-hydrogen) atoms. The first-order chi connectivity index (χ1) is 12.8. The summed E-state index contributed by atoms with van der Waals surface area (Å²) in [7, 11) is 0. The maximum Gasteiger partial charge on any atom is 0.210 e. The summed E-state index contributed by atoms with van der Waals surface area (Å²) in [6, 6.07) is 16.5. The Hall–Kier alpha value is -2.58. The van der Waals surface area contributed by atoms with Gasteiger partial charge in [0.25, 0.3) is 0 Å². The quantitative estimate of drug-likeness (QED) is 0.465. The largest absolute Gasteiger partial charge is 0.240 e. The Morgan fingerprint density at radius 2 is 1.85 bits per heavy atom. The Morgan fingerprint density at radius 3 is 2.65 bits per heavy atom. The molecule has 0 spiro atoms. The molecule has 0 radical (unpaired) electrons. The molecule has 0 N–H and O–H groups in total. The van der Waals surface area contributed by atoms with E-state index in [2.05, 4.69) is 20.5 Å². The Labute approximate surface area is 157 Å². The highest BCUT2D eigenvalue weighted by Gasteiger charge is 2.10. The van der Waals surface area contributed by atoms with Gasteiger partial charge in [-0.1, -0.05) is 42.1 Å². The third kappa shape index (κ3) is 3.97. The van der Waals surface area contributed by atoms with Crippen LogP contribution in [0.1, 0.15) is 11.3 Å². The maximum absolute atomic E-state index is 13.0. The molecule has 0 bridgehead atoms. The van der Waals surface area contributed by atoms with Gasteiger partial charge in [0.1, 0.15) is 10.8 Å². The number of nitrogens with zero attached hydrogens (tertiary/aromatic N) is 5. The smallest absolute Gasteiger partial charge is 0.210 e. The van der Waals surface area contributed by atoms with E-state index in [-0.39, 0.29) is 5.82 Å². The van der Waals surface area contributed by atoms with Crippen LogP contribution in [-0.2, 0) is 12.3 Å². The first kappa shape index (κ1) is 16.9. The molecule has 4 aromatic rings. The molecule has 0 unspecified atom stereocenters. The van der Waals surface area contributed by atoms with Gasteiger partial charge >= 0.3 is 0 Å². The van der Waals surface area contributed by atoms with E-state index < -0.39 is 0 Å². The van der Waals surface area contributed by atoms with Gasteiger partial charge in [-0.2, -0.15) is 0 Å². The second-order valence-electron chi connectivity index (χ2n) is 5.54. The summed E-state index contributed by atoms with van der Waals surface area (Å²) in [4.78, 5) is 4.62. The highest BCUT2D eigenvalue weighted by molar-refractivity contribution is 7.98. The predicted molar refractivity (Wildman–Crippen MR) is 100 cm³/mol. The van der Waals surface area contributed by atoms with Crippen LogP contribution < -0.4 is 0 Å². The Balaban J connectivity index is 1.42. The number of thiazole rings is 1. The van der Waals surface area contributed by atoms with Crippen molar-refractivity contribution < 1.29 is 4.39 Å². The zero-order chi connectivity index (χ0) is 17.8. The zero-order valence-corrected chi connectivity index (χ0v) is 15.3. The van der Waals surface area contributed by atoms with Crippen molar-refractivity contribution in [3.05, 3.63) is 77.1 Å². The van der Waals surface area contributed by atoms with Crippen molar-refractivity contribution in [2.75, 3.05) is 0 Å². The molecule has 0 amide bonds. The molecule has 8 heteroatoms. The predicted octanol–water partition coefficient (Wildman–Crippen LogP) is 4.28. The number of halogens is 1. The number of hydrogen-bond donors (Lipinski definition) is 0. The summed E-state index contributed by atoms with van der Waals surface area (Å²) in [6.45, 7) is 0.633. The van der Waals surface area contributed by atoms with Crippen LogP contribution >= 0.6 is 23.1 Å². The van der Waals surface area contributed by atoms with E-state index in [0.29, 0.717) is 12.3 Å². The number of benzene rings is 2. The third-order valence-electron chi connectivity index (χ3n) is 3.67. The third-order valence-corrected chi connectivity index (χ3v) is 5.60. The van der Waals surface area contributed by atoms with Gasteiger partial charge in [-0.15, -0.1) is 16.4 Å². The van der Waals surface area contributed by atoms with Gasteiger partial charge in [0.2, 0.25) is 5.16 Å². The van der Waals surface area contributed by atoms with E-state index in [0.717, 1.165) is 27.0 Å². The molecular weight excluding hydrogens is 369 g/mol. The molecule has 0 aliphatic rings. The maximum atomic E-state index is 13.0. The van der Waals surface area contributed by atoms with E-state index in [1.807, 2.05) is 35.7 Å². The van der Waals surface area contributed by atoms with Crippen molar-refractivity contribution in [2.45, 2.75) is 17.5 Å². The fourth-order valence-corrected chi connectivity index (χ4v) is 4.09. The van der Waals surface area contributed by atoms with Gasteiger partial charge in [-0.05, 0) is 40.3 Å². The minimum atomic E-state index is -0.244. The second-order valence-corrected chi connectivity index (χ2v) is 7.34. The molecule has 0 fully saturated rings. The van der Waals surface area contributed by atoms with Crippen LogP contribution in [0.25, 0.3) is 10.6 Å². The number of hydrogen-bond acceptors (Lipinski definition) is 6. The number of rotatable bonds is 6. The molecule has 0 saturated heterocycles. The lowest BCUT2D eigenvalue weighted by Crippen LogP contribution is -2.03. The second kappa shape index (κ2) is 7.76. The number of thioether (sulfide) groups is 1. The molecular formula is C18H14FN5S2. The van der Waals surface area contributed by atoms with Crippen LogP contribution in [0.5, 0.6) is 0 Å². The van der Waals surface area contributed by atoms with Crippen molar-refractivity contribution in [3.63, 3.8) is 0 Å². The van der Waals surface area contributed by atoms with E-state index in [1.165, 1.54) is 12.1 Å². The van der Waals surface area contributed by atoms with Crippen molar-refractivity contribution >= 4 is 23.1 Å². The lowest BCUT2D eigenvalue weighted by molar-refractivity contribution is 0.603. The first-order valence-corrected chi connectivity index (χ1v) is 9.78. The van der Waals surface area contributed by atoms with Crippen LogP contribution in [0.4, 0.5) is 4.39 Å². The summed E-state index contributed by atoms with van der Waals surface area (Å²) in [6.07, 6.45) is 0. The average Bonchev–Trinajstić information content (AvgIpc) is 3.31. The molecule has 2 aromatic carbocycles. The minimum Gasteiger partial charge on any atom is -0.240 e. The monoisotopic (exact) mass is 383 g/mol. The molecule has 4 rings (SSSR count). The first-order valence-electron chi connectivity index (χ1n) is 7.91. The van der Waals surface area contributed by atoms with Crippen LogP contribution in [0.2, 0.25) is 0 Å². The standard InChI is InChI=1S/C18H14FN5S2/c19-15-8-6-14(7-9-15)17-20-16(11-25-17)12-26-18-21-22-23-24(18)10-13-4-2-1-3-5-13/h1-9,11H,10,12H2. The molecule has 130 valence electrons. The Morgan fingerprint density at radius 1 is 1.04 bits per heavy atom. The van der Waals surface area contributed by atoms with E-state index in [4.69, 9.17) is 0 Å². The van der Waals surface area contributed by atoms with E-state index in [9.17, 15) is 4.39 Å². The van der Waals surface area contributed by atoms with Crippen molar-refractivity contribution in [1.29, 1.82) is 0 Å². The van der Waals surface area contributed by atoms with Gasteiger partial charge in [-0.3, -0.25) is 0 Å². The Bertz CT molecular complexity index is 982. The summed E-state index contributed by atoms with van der Waals surface area (Å²) in [5.41, 5.74) is 3.02. The van der Waals surface area contributed by atoms with Gasteiger partial charge in [0.05, 0.1) is 12.2 Å². The van der Waals surface area contributed by atoms with E-state index >= 15 is 0 Å². The molecule has 5 nitrogen and oxygen atoms in total. The SMILES string of the molecule is Fc1ccc(-c2nc(CSc3nnnn3Cc3ccccc3)cs2)cc1. The van der Waals surface area contributed by atoms with Gasteiger partial charge < -0.3 is 0 Å². The van der Waals surface area contributed by atoms with Crippen molar-refractivity contribution in [1.82, 2.24) is 25.2 Å². The van der Waals surface area contributed by atoms with Crippen molar-refractivity contribution in [3.8, 4) is 10.6 Å². The van der Waals surface area contributed by atoms with Crippen LogP contribution in [0.3, 0.4) is 0 Å². The molecule has 0 aliphatic heterocycles. The molecule has 0 atom stereocenters. The summed E-state index contributed by atoms with van der Waals surface area (Å²) in [5, 5.41) is 15.6. The summed E-state index contributed by atoms with van der Waals surface area (Å²) < 4.78 is 14.8. The van der Waals surface area contributed by atoms with Gasteiger partial charge in [0.15, 0.2) is 0 Å². The van der Waals surface area contributed by atoms with Crippen LogP contribution in [0.15, 0.2) is 65.1 Å². The van der Waals surface area contributed by atoms with Gasteiger partial charge in [0, 0.05) is 16.7 Å². The molecule has 2 aromatic heterocycles. The van der Waals surface area contributed by atoms with Crippen LogP contribution in [0, 0.1) is 5.82 Å². The van der Waals surface area contributed by atoms with E-state index in [1.54, 1.807) is 39.9 Å². The highest BCUT2D eigenvalue weighted by Crippen LogP contribution is 2.27. The zero-order valence-electron chi connectivity index (χ0n) is 13.6. The molecule has 2 heterocycles. The topological polar surface area (TPSA) is 56.5 Å². The van der Waals surface area contributed by atoms with Gasteiger partial charge in [-0.25, -0.2) is 14.1 Å². The van der Waals surface area contributed by atoms with Crippen molar-refractivity contribution in [2.24, 2.45) is 0 Å². The summed E-state index contributed by atoms with van der Waals surface area (Å²) in [5.74, 6) is 0.429. The fraction of sp³-hybridized carbons (Fsp3) is 0.111. The van der Waals surface area contributed by atoms with Crippen LogP contribution in [-0.4, -0.2) is 25.2 Å². The molecule has 0 aliphatic carbocycles. The average molecular weight is 383 g/mol. The highest BCUT2D eigenvalue weighted by atomic mass is 32.2. The number of aromatic nitrogens is 5. The lowest BCUT2D eigenvalue weighted by atomic mass is 10.2. The Kier molecular flexibility index (Phi) is 5.03. The fourth-order valence-electron chi connectivity index (χ4n) is 2.39. The summed E-state index contributed by atoms with van der Waals surface area (Å²) >= 11 is 3.10. The number of tetrazole rings is 1. The lowest BCUT2D eigenvalue weighted by Gasteiger charge is -2.03. The molecule has 0 saturated carbocycles. The minimum absolute atomic E-state index is 0.244.